The minimum absolute atomic E-state index is 0.213. The third-order valence-electron chi connectivity index (χ3n) is 5.41. The molecule has 0 aromatic heterocycles. The summed E-state index contributed by atoms with van der Waals surface area (Å²) in [6, 6.07) is 17.0. The van der Waals surface area contributed by atoms with Crippen LogP contribution in [-0.4, -0.2) is 22.4 Å². The second-order valence-corrected chi connectivity index (χ2v) is 11.3. The average Bonchev–Trinajstić information content (AvgIpc) is 3.37. The van der Waals surface area contributed by atoms with Crippen LogP contribution in [0.15, 0.2) is 65.6 Å². The van der Waals surface area contributed by atoms with Gasteiger partial charge in [0, 0.05) is 32.2 Å². The Balaban J connectivity index is 1.49. The zero-order valence-electron chi connectivity index (χ0n) is 17.5. The van der Waals surface area contributed by atoms with E-state index in [9.17, 15) is 9.59 Å². The van der Waals surface area contributed by atoms with Gasteiger partial charge in [-0.2, -0.15) is 0 Å². The third kappa shape index (κ3) is 5.46. The molecule has 34 heavy (non-hydrogen) atoms. The quantitative estimate of drug-likeness (QED) is 0.231. The van der Waals surface area contributed by atoms with Crippen molar-refractivity contribution in [3.63, 3.8) is 0 Å². The van der Waals surface area contributed by atoms with Crippen molar-refractivity contribution in [2.24, 2.45) is 5.92 Å². The summed E-state index contributed by atoms with van der Waals surface area (Å²) in [5.74, 6) is -2.01. The predicted molar refractivity (Wildman–Crippen MR) is 143 cm³/mol. The first-order chi connectivity index (χ1) is 16.1. The van der Waals surface area contributed by atoms with E-state index in [1.54, 1.807) is 54.2 Å². The smallest absolute Gasteiger partial charge is 0.257 e. The van der Waals surface area contributed by atoms with Gasteiger partial charge in [0.15, 0.2) is 0 Å². The van der Waals surface area contributed by atoms with Gasteiger partial charge in [0.05, 0.1) is 16.5 Å². The average molecular weight is 575 g/mol. The maximum absolute atomic E-state index is 13.0. The number of anilines is 2. The van der Waals surface area contributed by atoms with Gasteiger partial charge in [-0.25, -0.2) is 0 Å². The highest BCUT2D eigenvalue weighted by molar-refractivity contribution is 7.98. The molecule has 2 amide bonds. The molecule has 3 aromatic carbocycles. The molecule has 2 atom stereocenters. The fourth-order valence-electron chi connectivity index (χ4n) is 3.69. The number of hydrogen-bond donors (Lipinski definition) is 2. The van der Waals surface area contributed by atoms with E-state index in [-0.39, 0.29) is 10.6 Å². The molecule has 0 radical (unpaired) electrons. The molecule has 10 heteroatoms. The van der Waals surface area contributed by atoms with Crippen LogP contribution in [0, 0.1) is 5.92 Å². The Morgan fingerprint density at radius 3 is 2.09 bits per heavy atom. The van der Waals surface area contributed by atoms with E-state index in [2.05, 4.69) is 10.6 Å². The van der Waals surface area contributed by atoms with E-state index in [0.717, 1.165) is 4.90 Å². The van der Waals surface area contributed by atoms with E-state index >= 15 is 0 Å². The van der Waals surface area contributed by atoms with Gasteiger partial charge in [-0.1, -0.05) is 34.8 Å². The van der Waals surface area contributed by atoms with Gasteiger partial charge in [-0.15, -0.1) is 35.0 Å². The molecule has 176 valence electrons. The zero-order valence-corrected chi connectivity index (χ0v) is 22.1. The molecular weight excluding hydrogens is 558 g/mol. The first-order valence-electron chi connectivity index (χ1n) is 10.00. The largest absolute Gasteiger partial charge is 0.326 e. The molecule has 0 heterocycles. The van der Waals surface area contributed by atoms with Gasteiger partial charge in [0.2, 0.25) is 5.91 Å². The summed E-state index contributed by atoms with van der Waals surface area (Å²) in [6.07, 6.45) is 1.97. The Hall–Kier alpha value is -1.60. The molecular formula is C24H17Cl5N2O2S. The van der Waals surface area contributed by atoms with Crippen LogP contribution in [0.25, 0.3) is 0 Å². The highest BCUT2D eigenvalue weighted by Crippen LogP contribution is 2.65. The highest BCUT2D eigenvalue weighted by atomic mass is 35.5. The second kappa shape index (κ2) is 10.2. The number of hydrogen-bond acceptors (Lipinski definition) is 3. The van der Waals surface area contributed by atoms with Gasteiger partial charge in [-0.3, -0.25) is 9.59 Å². The van der Waals surface area contributed by atoms with E-state index in [0.29, 0.717) is 27.0 Å². The molecule has 0 spiro atoms. The molecule has 1 aliphatic rings. The fraction of sp³-hybridized carbons (Fsp3) is 0.167. The molecule has 4 rings (SSSR count). The molecule has 0 aliphatic heterocycles. The number of thioether (sulfide) groups is 1. The Bertz CT molecular complexity index is 1250. The Morgan fingerprint density at radius 2 is 1.47 bits per heavy atom. The van der Waals surface area contributed by atoms with E-state index < -0.39 is 28.0 Å². The normalized spacial score (nSPS) is 18.3. The maximum Gasteiger partial charge on any atom is 0.257 e. The van der Waals surface area contributed by atoms with Crippen molar-refractivity contribution in [3.8, 4) is 0 Å². The zero-order chi connectivity index (χ0) is 24.6. The summed E-state index contributed by atoms with van der Waals surface area (Å²) >= 11 is 32.9. The summed E-state index contributed by atoms with van der Waals surface area (Å²) in [7, 11) is 0. The minimum atomic E-state index is -1.31. The lowest BCUT2D eigenvalue weighted by Crippen LogP contribution is -2.18. The maximum atomic E-state index is 13.0. The van der Waals surface area contributed by atoms with Crippen LogP contribution >= 0.6 is 69.8 Å². The monoisotopic (exact) mass is 572 g/mol. The molecule has 1 fully saturated rings. The number of benzene rings is 3. The van der Waals surface area contributed by atoms with Gasteiger partial charge < -0.3 is 10.6 Å². The second-order valence-electron chi connectivity index (χ2n) is 7.70. The Morgan fingerprint density at radius 1 is 0.853 bits per heavy atom. The minimum Gasteiger partial charge on any atom is -0.326 e. The molecule has 2 N–H and O–H groups in total. The molecule has 0 saturated heterocycles. The van der Waals surface area contributed by atoms with Crippen molar-refractivity contribution in [2.45, 2.75) is 15.1 Å². The molecule has 3 aromatic rings. The third-order valence-corrected chi connectivity index (χ3v) is 7.86. The first kappa shape index (κ1) is 25.5. The Kier molecular flexibility index (Phi) is 7.63. The van der Waals surface area contributed by atoms with Crippen molar-refractivity contribution in [3.05, 3.63) is 86.9 Å². The molecule has 0 bridgehead atoms. The number of halogens is 5. The standard InChI is InChI=1S/C24H17Cl5N2O2S/c1-34-17-5-2-15(3-6-17)30-22(32)18-11-16(4-7-19(18)27)31-23(33)21-20(24(21,28)29)12-8-13(25)10-14(26)9-12/h2-11,20-21H,1H3,(H,30,32)(H,31,33). The summed E-state index contributed by atoms with van der Waals surface area (Å²) in [4.78, 5) is 26.9. The lowest BCUT2D eigenvalue weighted by molar-refractivity contribution is -0.117. The number of carbonyl (C=O) groups is 2. The van der Waals surface area contributed by atoms with Crippen molar-refractivity contribution >= 4 is 93.0 Å². The fourth-order valence-corrected chi connectivity index (χ4v) is 5.67. The number of alkyl halides is 2. The molecule has 1 aliphatic carbocycles. The Labute approximate surface area is 226 Å². The van der Waals surface area contributed by atoms with Gasteiger partial charge >= 0.3 is 0 Å². The summed E-state index contributed by atoms with van der Waals surface area (Å²) < 4.78 is -1.31. The van der Waals surface area contributed by atoms with Crippen LogP contribution in [0.3, 0.4) is 0 Å². The van der Waals surface area contributed by atoms with Crippen molar-refractivity contribution in [2.75, 3.05) is 16.9 Å². The van der Waals surface area contributed by atoms with E-state index in [1.165, 1.54) is 6.07 Å². The highest BCUT2D eigenvalue weighted by Gasteiger charge is 2.67. The summed E-state index contributed by atoms with van der Waals surface area (Å²) in [5.41, 5.74) is 1.90. The number of nitrogens with one attached hydrogen (secondary N) is 2. The lowest BCUT2D eigenvalue weighted by Gasteiger charge is -2.11. The van der Waals surface area contributed by atoms with E-state index in [4.69, 9.17) is 58.0 Å². The SMILES string of the molecule is CSc1ccc(NC(=O)c2cc(NC(=O)C3C(c4cc(Cl)cc(Cl)c4)C3(Cl)Cl)ccc2Cl)cc1. The molecule has 2 unspecified atom stereocenters. The van der Waals surface area contributed by atoms with Crippen LogP contribution in [0.5, 0.6) is 0 Å². The van der Waals surface area contributed by atoms with Crippen molar-refractivity contribution < 1.29 is 9.59 Å². The molecule has 4 nitrogen and oxygen atoms in total. The van der Waals surface area contributed by atoms with Crippen LogP contribution in [0.1, 0.15) is 21.8 Å². The van der Waals surface area contributed by atoms with Gasteiger partial charge in [0.25, 0.3) is 5.91 Å². The van der Waals surface area contributed by atoms with Crippen LogP contribution in [0.4, 0.5) is 11.4 Å². The lowest BCUT2D eigenvalue weighted by atomic mass is 10.1. The number of rotatable bonds is 6. The van der Waals surface area contributed by atoms with Crippen LogP contribution in [-0.2, 0) is 4.79 Å². The number of carbonyl (C=O) groups excluding carboxylic acids is 2. The van der Waals surface area contributed by atoms with Gasteiger partial charge in [-0.05, 0) is 72.5 Å². The molecule has 1 saturated carbocycles. The van der Waals surface area contributed by atoms with E-state index in [1.807, 2.05) is 18.4 Å². The summed E-state index contributed by atoms with van der Waals surface area (Å²) in [6.45, 7) is 0. The predicted octanol–water partition coefficient (Wildman–Crippen LogP) is 8.15. The van der Waals surface area contributed by atoms with Crippen molar-refractivity contribution in [1.29, 1.82) is 0 Å². The van der Waals surface area contributed by atoms with Crippen LogP contribution in [0.2, 0.25) is 15.1 Å². The topological polar surface area (TPSA) is 58.2 Å². The van der Waals surface area contributed by atoms with Gasteiger partial charge in [0.1, 0.15) is 4.33 Å². The first-order valence-corrected chi connectivity index (χ1v) is 13.1. The van der Waals surface area contributed by atoms with Crippen molar-refractivity contribution in [1.82, 2.24) is 0 Å². The summed E-state index contributed by atoms with van der Waals surface area (Å²) in [5, 5.41) is 6.68. The van der Waals surface area contributed by atoms with Crippen LogP contribution < -0.4 is 10.6 Å². The number of amides is 2.